The van der Waals surface area contributed by atoms with Crippen molar-refractivity contribution in [1.29, 1.82) is 0 Å². The van der Waals surface area contributed by atoms with E-state index in [9.17, 15) is 14.9 Å². The fourth-order valence-corrected chi connectivity index (χ4v) is 2.13. The maximum Gasteiger partial charge on any atom is 0.294 e. The summed E-state index contributed by atoms with van der Waals surface area (Å²) >= 11 is 0. The predicted molar refractivity (Wildman–Crippen MR) is 66.7 cm³/mol. The minimum absolute atomic E-state index is 0.0304. The topological polar surface area (TPSA) is 84.3 Å². The molecule has 1 saturated carbocycles. The molecule has 1 fully saturated rings. The molecule has 1 aliphatic carbocycles. The summed E-state index contributed by atoms with van der Waals surface area (Å²) in [6, 6.07) is 3.61. The van der Waals surface area contributed by atoms with Gasteiger partial charge in [-0.25, -0.2) is 0 Å². The van der Waals surface area contributed by atoms with Crippen LogP contribution in [-0.4, -0.2) is 16.9 Å². The van der Waals surface area contributed by atoms with Gasteiger partial charge in [0.25, 0.3) is 5.69 Å². The van der Waals surface area contributed by atoms with E-state index in [1.54, 1.807) is 6.07 Å². The van der Waals surface area contributed by atoms with Crippen LogP contribution in [-0.2, 0) is 11.2 Å². The van der Waals surface area contributed by atoms with Gasteiger partial charge in [-0.05, 0) is 30.9 Å². The molecular weight excluding hydrogens is 234 g/mol. The predicted octanol–water partition coefficient (Wildman–Crippen LogP) is 2.05. The number of hydrogen-bond acceptors (Lipinski definition) is 4. The first-order chi connectivity index (χ1) is 8.63. The number of hydrogen-bond donors (Lipinski definition) is 2. The number of anilines is 2. The van der Waals surface area contributed by atoms with Crippen molar-refractivity contribution >= 4 is 23.0 Å². The van der Waals surface area contributed by atoms with E-state index in [1.165, 1.54) is 6.07 Å². The van der Waals surface area contributed by atoms with Crippen LogP contribution in [0.15, 0.2) is 12.1 Å². The Kier molecular flexibility index (Phi) is 2.43. The van der Waals surface area contributed by atoms with Crippen molar-refractivity contribution in [3.63, 3.8) is 0 Å². The second kappa shape index (κ2) is 3.97. The number of nitrogens with zero attached hydrogens (tertiary/aromatic N) is 1. The Morgan fingerprint density at radius 1 is 1.33 bits per heavy atom. The number of nitrogens with one attached hydrogen (secondary N) is 2. The maximum atomic E-state index is 11.3. The third-order valence-corrected chi connectivity index (χ3v) is 3.25. The molecule has 1 aromatic rings. The largest absolute Gasteiger partial charge is 0.377 e. The Morgan fingerprint density at radius 3 is 2.78 bits per heavy atom. The van der Waals surface area contributed by atoms with Gasteiger partial charge in [-0.15, -0.1) is 0 Å². The van der Waals surface area contributed by atoms with Crippen LogP contribution in [0, 0.1) is 10.1 Å². The highest BCUT2D eigenvalue weighted by atomic mass is 16.6. The van der Waals surface area contributed by atoms with Crippen LogP contribution >= 0.6 is 0 Å². The van der Waals surface area contributed by atoms with Crippen LogP contribution in [0.25, 0.3) is 0 Å². The van der Waals surface area contributed by atoms with Crippen LogP contribution in [0.4, 0.5) is 17.1 Å². The summed E-state index contributed by atoms with van der Waals surface area (Å²) in [6.07, 6.45) is 3.20. The van der Waals surface area contributed by atoms with Crippen molar-refractivity contribution in [2.24, 2.45) is 0 Å². The highest BCUT2D eigenvalue weighted by molar-refractivity contribution is 5.95. The lowest BCUT2D eigenvalue weighted by Gasteiger charge is -2.18. The molecule has 1 aliphatic heterocycles. The van der Waals surface area contributed by atoms with Crippen molar-refractivity contribution < 1.29 is 9.72 Å². The lowest BCUT2D eigenvalue weighted by atomic mass is 10.0. The molecule has 0 saturated heterocycles. The van der Waals surface area contributed by atoms with Crippen molar-refractivity contribution in [2.75, 3.05) is 10.6 Å². The van der Waals surface area contributed by atoms with Gasteiger partial charge in [-0.2, -0.15) is 0 Å². The van der Waals surface area contributed by atoms with E-state index < -0.39 is 4.92 Å². The van der Waals surface area contributed by atoms with Gasteiger partial charge in [0.05, 0.1) is 10.6 Å². The molecule has 18 heavy (non-hydrogen) atoms. The molecule has 2 aliphatic rings. The fourth-order valence-electron chi connectivity index (χ4n) is 2.13. The number of carbonyl (C=O) groups is 1. The lowest BCUT2D eigenvalue weighted by molar-refractivity contribution is -0.383. The van der Waals surface area contributed by atoms with E-state index in [4.69, 9.17) is 0 Å². The minimum Gasteiger partial charge on any atom is -0.377 e. The summed E-state index contributed by atoms with van der Waals surface area (Å²) < 4.78 is 0. The van der Waals surface area contributed by atoms with Gasteiger partial charge in [0.1, 0.15) is 5.69 Å². The van der Waals surface area contributed by atoms with E-state index in [0.29, 0.717) is 30.3 Å². The summed E-state index contributed by atoms with van der Waals surface area (Å²) in [4.78, 5) is 21.9. The molecule has 0 aromatic heterocycles. The summed E-state index contributed by atoms with van der Waals surface area (Å²) in [5.74, 6) is -0.0836. The molecule has 1 aromatic carbocycles. The molecule has 1 amide bonds. The molecule has 1 heterocycles. The first-order valence-corrected chi connectivity index (χ1v) is 6.01. The summed E-state index contributed by atoms with van der Waals surface area (Å²) in [7, 11) is 0. The van der Waals surface area contributed by atoms with Crippen LogP contribution in [0.1, 0.15) is 24.8 Å². The zero-order valence-corrected chi connectivity index (χ0v) is 9.73. The molecule has 0 atom stereocenters. The number of fused-ring (bicyclic) bond motifs is 1. The Labute approximate surface area is 104 Å². The highest BCUT2D eigenvalue weighted by Gasteiger charge is 2.27. The highest BCUT2D eigenvalue weighted by Crippen LogP contribution is 2.36. The van der Waals surface area contributed by atoms with E-state index >= 15 is 0 Å². The summed E-state index contributed by atoms with van der Waals surface area (Å²) in [5.41, 5.74) is 2.13. The molecule has 0 bridgehead atoms. The Morgan fingerprint density at radius 2 is 2.11 bits per heavy atom. The molecule has 3 rings (SSSR count). The van der Waals surface area contributed by atoms with Gasteiger partial charge in [0, 0.05) is 18.5 Å². The first-order valence-electron chi connectivity index (χ1n) is 6.01. The maximum absolute atomic E-state index is 11.3. The Hall–Kier alpha value is -2.11. The normalized spacial score (nSPS) is 17.9. The number of nitro groups is 1. The SMILES string of the molecule is O=C1CCc2cc(NC3CC3)c([N+](=O)[O-])cc2N1. The van der Waals surface area contributed by atoms with Crippen LogP contribution in [0.5, 0.6) is 0 Å². The number of benzene rings is 1. The van der Waals surface area contributed by atoms with E-state index in [1.807, 2.05) is 0 Å². The van der Waals surface area contributed by atoms with Gasteiger partial charge in [-0.1, -0.05) is 0 Å². The van der Waals surface area contributed by atoms with Crippen molar-refractivity contribution in [3.05, 3.63) is 27.8 Å². The van der Waals surface area contributed by atoms with Crippen molar-refractivity contribution in [3.8, 4) is 0 Å². The van der Waals surface area contributed by atoms with Gasteiger partial charge < -0.3 is 10.6 Å². The molecule has 6 heteroatoms. The van der Waals surface area contributed by atoms with Gasteiger partial charge >= 0.3 is 0 Å². The van der Waals surface area contributed by atoms with Gasteiger partial charge in [-0.3, -0.25) is 14.9 Å². The standard InChI is InChI=1S/C12H13N3O3/c16-12-4-1-7-5-10(13-8-2-3-8)11(15(17)18)6-9(7)14-12/h5-6,8,13H,1-4H2,(H,14,16). The van der Waals surface area contributed by atoms with E-state index in [0.717, 1.165) is 18.4 Å². The second-order valence-electron chi connectivity index (χ2n) is 4.75. The Bertz CT molecular complexity index is 538. The molecular formula is C12H13N3O3. The fraction of sp³-hybridized carbons (Fsp3) is 0.417. The molecule has 2 N–H and O–H groups in total. The van der Waals surface area contributed by atoms with E-state index in [-0.39, 0.29) is 11.6 Å². The molecule has 0 spiro atoms. The third kappa shape index (κ3) is 2.01. The molecule has 0 radical (unpaired) electrons. The first kappa shape index (κ1) is 11.0. The Balaban J connectivity index is 2.01. The average molecular weight is 247 g/mol. The van der Waals surface area contributed by atoms with Crippen LogP contribution in [0.3, 0.4) is 0 Å². The monoisotopic (exact) mass is 247 g/mol. The lowest BCUT2D eigenvalue weighted by Crippen LogP contribution is -2.19. The number of aryl methyl sites for hydroxylation is 1. The molecule has 0 unspecified atom stereocenters. The van der Waals surface area contributed by atoms with Crippen molar-refractivity contribution in [1.82, 2.24) is 0 Å². The van der Waals surface area contributed by atoms with Gasteiger partial charge in [0.15, 0.2) is 0 Å². The quantitative estimate of drug-likeness (QED) is 0.632. The average Bonchev–Trinajstić information content (AvgIpc) is 3.12. The molecule has 94 valence electrons. The second-order valence-corrected chi connectivity index (χ2v) is 4.75. The number of nitro benzene ring substituents is 1. The van der Waals surface area contributed by atoms with Crippen LogP contribution in [0.2, 0.25) is 0 Å². The summed E-state index contributed by atoms with van der Waals surface area (Å²) in [5, 5.41) is 16.9. The third-order valence-electron chi connectivity index (χ3n) is 3.25. The van der Waals surface area contributed by atoms with Gasteiger partial charge in [0.2, 0.25) is 5.91 Å². The number of carbonyl (C=O) groups excluding carboxylic acids is 1. The zero-order chi connectivity index (χ0) is 12.7. The molecule has 6 nitrogen and oxygen atoms in total. The van der Waals surface area contributed by atoms with E-state index in [2.05, 4.69) is 10.6 Å². The zero-order valence-electron chi connectivity index (χ0n) is 9.73. The van der Waals surface area contributed by atoms with Crippen LogP contribution < -0.4 is 10.6 Å². The minimum atomic E-state index is -0.411. The summed E-state index contributed by atoms with van der Waals surface area (Å²) in [6.45, 7) is 0. The van der Waals surface area contributed by atoms with Crippen molar-refractivity contribution in [2.45, 2.75) is 31.7 Å². The number of rotatable bonds is 3. The smallest absolute Gasteiger partial charge is 0.294 e. The number of amides is 1.